The SMILES string of the molecule is CCCN(CC(=O)OCC)CC(C)C#N. The first-order chi connectivity index (χ1) is 7.13. The molecule has 86 valence electrons. The van der Waals surface area contributed by atoms with E-state index < -0.39 is 0 Å². The van der Waals surface area contributed by atoms with Gasteiger partial charge in [-0.25, -0.2) is 0 Å². The second-order valence-electron chi connectivity index (χ2n) is 3.57. The zero-order valence-electron chi connectivity index (χ0n) is 9.82. The Kier molecular flexibility index (Phi) is 7.65. The summed E-state index contributed by atoms with van der Waals surface area (Å²) >= 11 is 0. The average Bonchev–Trinajstić information content (AvgIpc) is 2.18. The molecule has 0 saturated heterocycles. The monoisotopic (exact) mass is 212 g/mol. The molecule has 0 N–H and O–H groups in total. The Morgan fingerprint density at radius 1 is 1.53 bits per heavy atom. The number of carbonyl (C=O) groups excluding carboxylic acids is 1. The fraction of sp³-hybridized carbons (Fsp3) is 0.818. The molecule has 0 heterocycles. The van der Waals surface area contributed by atoms with Gasteiger partial charge in [-0.15, -0.1) is 0 Å². The second kappa shape index (κ2) is 8.25. The van der Waals surface area contributed by atoms with Gasteiger partial charge < -0.3 is 4.74 Å². The van der Waals surface area contributed by atoms with Gasteiger partial charge in [0.1, 0.15) is 0 Å². The largest absolute Gasteiger partial charge is 0.465 e. The van der Waals surface area contributed by atoms with Crippen LogP contribution in [0.4, 0.5) is 0 Å². The summed E-state index contributed by atoms with van der Waals surface area (Å²) in [5, 5.41) is 8.70. The molecule has 4 heteroatoms. The standard InChI is InChI=1S/C11H20N2O2/c1-4-6-13(8-10(3)7-12)9-11(14)15-5-2/h10H,4-6,8-9H2,1-3H3. The lowest BCUT2D eigenvalue weighted by atomic mass is 10.2. The number of hydrogen-bond donors (Lipinski definition) is 0. The highest BCUT2D eigenvalue weighted by Gasteiger charge is 2.13. The average molecular weight is 212 g/mol. The van der Waals surface area contributed by atoms with E-state index >= 15 is 0 Å². The van der Waals surface area contributed by atoms with Crippen LogP contribution >= 0.6 is 0 Å². The van der Waals surface area contributed by atoms with Gasteiger partial charge in [-0.1, -0.05) is 6.92 Å². The van der Waals surface area contributed by atoms with Crippen LogP contribution in [0.1, 0.15) is 27.2 Å². The summed E-state index contributed by atoms with van der Waals surface area (Å²) in [5.74, 6) is -0.262. The van der Waals surface area contributed by atoms with E-state index in [0.717, 1.165) is 13.0 Å². The van der Waals surface area contributed by atoms with Crippen LogP contribution in [0.2, 0.25) is 0 Å². The number of ether oxygens (including phenoxy) is 1. The van der Waals surface area contributed by atoms with Crippen molar-refractivity contribution in [3.8, 4) is 6.07 Å². The van der Waals surface area contributed by atoms with Crippen LogP contribution in [0.5, 0.6) is 0 Å². The van der Waals surface area contributed by atoms with Gasteiger partial charge >= 0.3 is 5.97 Å². The van der Waals surface area contributed by atoms with Crippen molar-refractivity contribution in [2.75, 3.05) is 26.2 Å². The van der Waals surface area contributed by atoms with Gasteiger partial charge in [0.2, 0.25) is 0 Å². The van der Waals surface area contributed by atoms with E-state index in [4.69, 9.17) is 10.00 Å². The van der Waals surface area contributed by atoms with E-state index in [0.29, 0.717) is 13.2 Å². The minimum atomic E-state index is -0.212. The van der Waals surface area contributed by atoms with Crippen LogP contribution in [0, 0.1) is 17.2 Å². The van der Waals surface area contributed by atoms with Crippen LogP contribution in [0.25, 0.3) is 0 Å². The Hall–Kier alpha value is -1.08. The Morgan fingerprint density at radius 3 is 2.67 bits per heavy atom. The van der Waals surface area contributed by atoms with E-state index in [-0.39, 0.29) is 18.4 Å². The Balaban J connectivity index is 4.04. The maximum atomic E-state index is 11.3. The second-order valence-corrected chi connectivity index (χ2v) is 3.57. The van der Waals surface area contributed by atoms with E-state index in [1.165, 1.54) is 0 Å². The van der Waals surface area contributed by atoms with Crippen LogP contribution in [-0.4, -0.2) is 37.1 Å². The molecule has 4 nitrogen and oxygen atoms in total. The van der Waals surface area contributed by atoms with Gasteiger partial charge in [-0.05, 0) is 26.8 Å². The predicted octanol–water partition coefficient (Wildman–Crippen LogP) is 1.42. The fourth-order valence-electron chi connectivity index (χ4n) is 1.37. The highest BCUT2D eigenvalue weighted by atomic mass is 16.5. The molecule has 0 bridgehead atoms. The maximum absolute atomic E-state index is 11.3. The summed E-state index contributed by atoms with van der Waals surface area (Å²) in [5.41, 5.74) is 0. The van der Waals surface area contributed by atoms with E-state index in [1.807, 2.05) is 11.8 Å². The van der Waals surface area contributed by atoms with Gasteiger partial charge in [-0.3, -0.25) is 9.69 Å². The number of nitrogens with zero attached hydrogens (tertiary/aromatic N) is 2. The molecule has 1 unspecified atom stereocenters. The Labute approximate surface area is 91.8 Å². The van der Waals surface area contributed by atoms with Crippen molar-refractivity contribution in [3.63, 3.8) is 0 Å². The minimum Gasteiger partial charge on any atom is -0.465 e. The molecular weight excluding hydrogens is 192 g/mol. The molecule has 0 amide bonds. The van der Waals surface area contributed by atoms with Crippen molar-refractivity contribution < 1.29 is 9.53 Å². The molecule has 0 saturated carbocycles. The third-order valence-electron chi connectivity index (χ3n) is 1.95. The van der Waals surface area contributed by atoms with Crippen molar-refractivity contribution in [1.82, 2.24) is 4.90 Å². The first-order valence-electron chi connectivity index (χ1n) is 5.41. The molecule has 0 aromatic carbocycles. The molecule has 15 heavy (non-hydrogen) atoms. The number of rotatable bonds is 7. The summed E-state index contributed by atoms with van der Waals surface area (Å²) < 4.78 is 4.87. The zero-order valence-corrected chi connectivity index (χ0v) is 9.82. The number of carbonyl (C=O) groups is 1. The Morgan fingerprint density at radius 2 is 2.20 bits per heavy atom. The quantitative estimate of drug-likeness (QED) is 0.599. The Bertz CT molecular complexity index is 223. The maximum Gasteiger partial charge on any atom is 0.320 e. The summed E-state index contributed by atoms with van der Waals surface area (Å²) in [6.45, 7) is 7.84. The van der Waals surface area contributed by atoms with E-state index in [2.05, 4.69) is 13.0 Å². The lowest BCUT2D eigenvalue weighted by Gasteiger charge is -2.21. The lowest BCUT2D eigenvalue weighted by Crippen LogP contribution is -2.34. The van der Waals surface area contributed by atoms with Crippen molar-refractivity contribution in [1.29, 1.82) is 5.26 Å². The van der Waals surface area contributed by atoms with Crippen molar-refractivity contribution in [2.24, 2.45) is 5.92 Å². The molecule has 0 aliphatic heterocycles. The van der Waals surface area contributed by atoms with Crippen molar-refractivity contribution in [3.05, 3.63) is 0 Å². The van der Waals surface area contributed by atoms with Gasteiger partial charge in [0, 0.05) is 6.54 Å². The zero-order chi connectivity index (χ0) is 11.7. The third kappa shape index (κ3) is 6.92. The molecule has 0 radical (unpaired) electrons. The molecule has 0 spiro atoms. The molecule has 0 aliphatic carbocycles. The minimum absolute atomic E-state index is 0.0500. The molecule has 0 fully saturated rings. The summed E-state index contributed by atoms with van der Waals surface area (Å²) in [6, 6.07) is 2.17. The van der Waals surface area contributed by atoms with E-state index in [9.17, 15) is 4.79 Å². The smallest absolute Gasteiger partial charge is 0.320 e. The van der Waals surface area contributed by atoms with E-state index in [1.54, 1.807) is 6.92 Å². The number of hydrogen-bond acceptors (Lipinski definition) is 4. The normalized spacial score (nSPS) is 12.2. The van der Waals surface area contributed by atoms with Gasteiger partial charge in [-0.2, -0.15) is 5.26 Å². The molecular formula is C11H20N2O2. The molecule has 0 aliphatic rings. The molecule has 1 atom stereocenters. The first kappa shape index (κ1) is 13.9. The highest BCUT2D eigenvalue weighted by Crippen LogP contribution is 2.00. The van der Waals surface area contributed by atoms with Crippen molar-refractivity contribution >= 4 is 5.97 Å². The van der Waals surface area contributed by atoms with Crippen LogP contribution < -0.4 is 0 Å². The predicted molar refractivity (Wildman–Crippen MR) is 58.1 cm³/mol. The summed E-state index contributed by atoms with van der Waals surface area (Å²) in [4.78, 5) is 13.2. The topological polar surface area (TPSA) is 53.3 Å². The lowest BCUT2D eigenvalue weighted by molar-refractivity contribution is -0.144. The number of esters is 1. The fourth-order valence-corrected chi connectivity index (χ4v) is 1.37. The third-order valence-corrected chi connectivity index (χ3v) is 1.95. The molecule has 0 rings (SSSR count). The van der Waals surface area contributed by atoms with Crippen molar-refractivity contribution in [2.45, 2.75) is 27.2 Å². The van der Waals surface area contributed by atoms with Gasteiger partial charge in [0.25, 0.3) is 0 Å². The molecule has 0 aromatic rings. The van der Waals surface area contributed by atoms with Gasteiger partial charge in [0.15, 0.2) is 0 Å². The van der Waals surface area contributed by atoms with Gasteiger partial charge in [0.05, 0.1) is 25.1 Å². The number of nitriles is 1. The first-order valence-corrected chi connectivity index (χ1v) is 5.41. The summed E-state index contributed by atoms with van der Waals surface area (Å²) in [6.07, 6.45) is 0.970. The highest BCUT2D eigenvalue weighted by molar-refractivity contribution is 5.71. The van der Waals surface area contributed by atoms with Crippen LogP contribution in [-0.2, 0) is 9.53 Å². The molecule has 0 aromatic heterocycles. The summed E-state index contributed by atoms with van der Waals surface area (Å²) in [7, 11) is 0. The van der Waals surface area contributed by atoms with Crippen LogP contribution in [0.15, 0.2) is 0 Å². The van der Waals surface area contributed by atoms with Crippen LogP contribution in [0.3, 0.4) is 0 Å².